The summed E-state index contributed by atoms with van der Waals surface area (Å²) in [5.41, 5.74) is 0. The molecule has 0 fully saturated rings. The first kappa shape index (κ1) is 7.34. The molecule has 0 aliphatic heterocycles. The molecular formula is C6H11NO. The number of rotatable bonds is 3. The van der Waals surface area contributed by atoms with Gasteiger partial charge >= 0.3 is 0 Å². The van der Waals surface area contributed by atoms with Crippen molar-refractivity contribution in [2.24, 2.45) is 10.9 Å². The van der Waals surface area contributed by atoms with E-state index in [0.29, 0.717) is 6.54 Å². The lowest BCUT2D eigenvalue weighted by Gasteiger charge is -1.92. The minimum atomic E-state index is 0.0752. The maximum atomic E-state index is 9.94. The third-order valence-corrected chi connectivity index (χ3v) is 0.808. The van der Waals surface area contributed by atoms with Gasteiger partial charge in [-0.05, 0) is 13.1 Å². The zero-order chi connectivity index (χ0) is 6.41. The highest BCUT2D eigenvalue weighted by molar-refractivity contribution is 5.56. The van der Waals surface area contributed by atoms with Crippen LogP contribution in [0.1, 0.15) is 13.8 Å². The van der Waals surface area contributed by atoms with E-state index >= 15 is 0 Å². The van der Waals surface area contributed by atoms with Crippen molar-refractivity contribution in [3.8, 4) is 0 Å². The Bertz CT molecular complexity index is 88.5. The van der Waals surface area contributed by atoms with Crippen molar-refractivity contribution in [3.63, 3.8) is 0 Å². The molecule has 0 aromatic rings. The number of aldehydes is 1. The van der Waals surface area contributed by atoms with Crippen LogP contribution in [0.4, 0.5) is 0 Å². The van der Waals surface area contributed by atoms with Gasteiger partial charge in [-0.15, -0.1) is 0 Å². The summed E-state index contributed by atoms with van der Waals surface area (Å²) < 4.78 is 0. The van der Waals surface area contributed by atoms with Crippen LogP contribution in [0.15, 0.2) is 4.99 Å². The van der Waals surface area contributed by atoms with Gasteiger partial charge in [-0.1, -0.05) is 6.92 Å². The van der Waals surface area contributed by atoms with Crippen LogP contribution in [-0.4, -0.2) is 19.0 Å². The summed E-state index contributed by atoms with van der Waals surface area (Å²) in [6.07, 6.45) is 2.62. The maximum absolute atomic E-state index is 9.94. The van der Waals surface area contributed by atoms with Crippen molar-refractivity contribution in [3.05, 3.63) is 0 Å². The van der Waals surface area contributed by atoms with E-state index in [1.165, 1.54) is 0 Å². The highest BCUT2D eigenvalue weighted by Crippen LogP contribution is 1.87. The van der Waals surface area contributed by atoms with Gasteiger partial charge in [0, 0.05) is 12.5 Å². The van der Waals surface area contributed by atoms with Crippen LogP contribution in [0.5, 0.6) is 0 Å². The van der Waals surface area contributed by atoms with Crippen LogP contribution < -0.4 is 0 Å². The minimum absolute atomic E-state index is 0.0752. The molecule has 0 amide bonds. The van der Waals surface area contributed by atoms with E-state index in [0.717, 1.165) is 6.29 Å². The minimum Gasteiger partial charge on any atom is -0.303 e. The molecule has 0 saturated carbocycles. The zero-order valence-electron chi connectivity index (χ0n) is 5.29. The third-order valence-electron chi connectivity index (χ3n) is 0.808. The zero-order valence-corrected chi connectivity index (χ0v) is 5.29. The van der Waals surface area contributed by atoms with Crippen LogP contribution in [0.25, 0.3) is 0 Å². The van der Waals surface area contributed by atoms with Gasteiger partial charge in [-0.25, -0.2) is 0 Å². The Labute approximate surface area is 49.6 Å². The standard InChI is InChI=1S/C6H11NO/c1-3-7-4-6(2)5-8/h3,5-6H,4H2,1-2H3. The third kappa shape index (κ3) is 3.53. The van der Waals surface area contributed by atoms with Gasteiger partial charge in [0.1, 0.15) is 6.29 Å². The fourth-order valence-corrected chi connectivity index (χ4v) is 0.315. The molecule has 2 nitrogen and oxygen atoms in total. The van der Waals surface area contributed by atoms with E-state index in [1.807, 2.05) is 13.8 Å². The van der Waals surface area contributed by atoms with E-state index in [2.05, 4.69) is 4.99 Å². The average molecular weight is 113 g/mol. The fraction of sp³-hybridized carbons (Fsp3) is 0.667. The van der Waals surface area contributed by atoms with Gasteiger partial charge in [0.2, 0.25) is 0 Å². The van der Waals surface area contributed by atoms with Gasteiger partial charge < -0.3 is 4.79 Å². The van der Waals surface area contributed by atoms with Crippen molar-refractivity contribution < 1.29 is 4.79 Å². The fourth-order valence-electron chi connectivity index (χ4n) is 0.315. The summed E-state index contributed by atoms with van der Waals surface area (Å²) in [5.74, 6) is 0.0752. The van der Waals surface area contributed by atoms with Gasteiger partial charge in [-0.2, -0.15) is 0 Å². The topological polar surface area (TPSA) is 29.4 Å². The number of hydrogen-bond acceptors (Lipinski definition) is 2. The second-order valence-corrected chi connectivity index (χ2v) is 1.74. The Hall–Kier alpha value is -0.660. The summed E-state index contributed by atoms with van der Waals surface area (Å²) in [4.78, 5) is 13.8. The van der Waals surface area contributed by atoms with Crippen molar-refractivity contribution >= 4 is 12.5 Å². The van der Waals surface area contributed by atoms with Gasteiger partial charge in [0.25, 0.3) is 0 Å². The molecular weight excluding hydrogens is 102 g/mol. The number of carbonyl (C=O) groups is 1. The summed E-state index contributed by atoms with van der Waals surface area (Å²) in [6, 6.07) is 0. The molecule has 46 valence electrons. The molecule has 0 N–H and O–H groups in total. The molecule has 0 radical (unpaired) electrons. The van der Waals surface area contributed by atoms with E-state index in [1.54, 1.807) is 6.21 Å². The second kappa shape index (κ2) is 4.50. The molecule has 0 aliphatic rings. The van der Waals surface area contributed by atoms with E-state index in [4.69, 9.17) is 0 Å². The molecule has 1 unspecified atom stereocenters. The van der Waals surface area contributed by atoms with Crippen LogP contribution in [0.2, 0.25) is 0 Å². The van der Waals surface area contributed by atoms with Crippen LogP contribution in [0, 0.1) is 5.92 Å². The predicted molar refractivity (Wildman–Crippen MR) is 34.3 cm³/mol. The lowest BCUT2D eigenvalue weighted by Crippen LogP contribution is -1.99. The molecule has 0 aromatic heterocycles. The predicted octanol–water partition coefficient (Wildman–Crippen LogP) is 0.912. The number of nitrogens with zero attached hydrogens (tertiary/aromatic N) is 1. The summed E-state index contributed by atoms with van der Waals surface area (Å²) >= 11 is 0. The first-order valence-corrected chi connectivity index (χ1v) is 2.71. The molecule has 0 rings (SSSR count). The monoisotopic (exact) mass is 113 g/mol. The van der Waals surface area contributed by atoms with E-state index in [-0.39, 0.29) is 5.92 Å². The molecule has 0 aromatic carbocycles. The van der Waals surface area contributed by atoms with Gasteiger partial charge in [0.15, 0.2) is 0 Å². The maximum Gasteiger partial charge on any atom is 0.124 e. The Balaban J connectivity index is 3.23. The Kier molecular flexibility index (Phi) is 4.13. The highest BCUT2D eigenvalue weighted by atomic mass is 16.1. The summed E-state index contributed by atoms with van der Waals surface area (Å²) in [7, 11) is 0. The second-order valence-electron chi connectivity index (χ2n) is 1.74. The van der Waals surface area contributed by atoms with E-state index < -0.39 is 0 Å². The molecule has 8 heavy (non-hydrogen) atoms. The van der Waals surface area contributed by atoms with Crippen molar-refractivity contribution in [1.82, 2.24) is 0 Å². The number of hydrogen-bond donors (Lipinski definition) is 0. The average Bonchev–Trinajstić information content (AvgIpc) is 1.83. The van der Waals surface area contributed by atoms with Crippen LogP contribution >= 0.6 is 0 Å². The molecule has 0 bridgehead atoms. The summed E-state index contributed by atoms with van der Waals surface area (Å²) in [6.45, 7) is 4.32. The molecule has 0 heterocycles. The SMILES string of the molecule is CC=NCC(C)C=O. The first-order valence-electron chi connectivity index (χ1n) is 2.71. The lowest BCUT2D eigenvalue weighted by molar-refractivity contribution is -0.110. The number of carbonyl (C=O) groups excluding carboxylic acids is 1. The molecule has 1 atom stereocenters. The van der Waals surface area contributed by atoms with Crippen molar-refractivity contribution in [2.45, 2.75) is 13.8 Å². The largest absolute Gasteiger partial charge is 0.303 e. The summed E-state index contributed by atoms with van der Waals surface area (Å²) in [5, 5.41) is 0. The smallest absolute Gasteiger partial charge is 0.124 e. The quantitative estimate of drug-likeness (QED) is 0.395. The van der Waals surface area contributed by atoms with Gasteiger partial charge in [-0.3, -0.25) is 4.99 Å². The van der Waals surface area contributed by atoms with Crippen molar-refractivity contribution in [2.75, 3.05) is 6.54 Å². The molecule has 0 spiro atoms. The highest BCUT2D eigenvalue weighted by Gasteiger charge is 1.92. The lowest BCUT2D eigenvalue weighted by atomic mass is 10.2. The molecule has 2 heteroatoms. The Morgan fingerprint density at radius 3 is 2.75 bits per heavy atom. The van der Waals surface area contributed by atoms with Gasteiger partial charge in [0.05, 0.1) is 0 Å². The first-order chi connectivity index (χ1) is 3.81. The number of aliphatic imine (C=N–C) groups is 1. The molecule has 0 saturated heterocycles. The van der Waals surface area contributed by atoms with E-state index in [9.17, 15) is 4.79 Å². The van der Waals surface area contributed by atoms with Crippen molar-refractivity contribution in [1.29, 1.82) is 0 Å². The Morgan fingerprint density at radius 2 is 2.38 bits per heavy atom. The van der Waals surface area contributed by atoms with Crippen LogP contribution in [-0.2, 0) is 4.79 Å². The Morgan fingerprint density at radius 1 is 1.75 bits per heavy atom. The normalized spacial score (nSPS) is 14.2. The van der Waals surface area contributed by atoms with Crippen LogP contribution in [0.3, 0.4) is 0 Å². The molecule has 0 aliphatic carbocycles.